The number of carbonyl (C=O) groups is 1. The van der Waals surface area contributed by atoms with Gasteiger partial charge in [-0.2, -0.15) is 0 Å². The molecular formula is C19H28N2O3. The normalized spacial score (nSPS) is 21.7. The van der Waals surface area contributed by atoms with Gasteiger partial charge >= 0.3 is 0 Å². The molecule has 5 nitrogen and oxygen atoms in total. The summed E-state index contributed by atoms with van der Waals surface area (Å²) in [6.07, 6.45) is 4.62. The lowest BCUT2D eigenvalue weighted by Crippen LogP contribution is -2.40. The lowest BCUT2D eigenvalue weighted by molar-refractivity contribution is -0.130. The van der Waals surface area contributed by atoms with Crippen molar-refractivity contribution in [3.63, 3.8) is 0 Å². The predicted molar refractivity (Wildman–Crippen MR) is 94.4 cm³/mol. The highest BCUT2D eigenvalue weighted by molar-refractivity contribution is 5.81. The zero-order valence-electron chi connectivity index (χ0n) is 14.5. The lowest BCUT2D eigenvalue weighted by atomic mass is 9.99. The van der Waals surface area contributed by atoms with Gasteiger partial charge in [0.25, 0.3) is 0 Å². The summed E-state index contributed by atoms with van der Waals surface area (Å²) >= 11 is 0. The fourth-order valence-electron chi connectivity index (χ4n) is 3.21. The third-order valence-corrected chi connectivity index (χ3v) is 4.87. The number of nitrogens with zero attached hydrogens (tertiary/aromatic N) is 1. The molecule has 1 aromatic carbocycles. The summed E-state index contributed by atoms with van der Waals surface area (Å²) in [6.45, 7) is 5.78. The smallest absolute Gasteiger partial charge is 0.241 e. The van der Waals surface area contributed by atoms with Gasteiger partial charge in [-0.3, -0.25) is 4.79 Å². The van der Waals surface area contributed by atoms with E-state index in [-0.39, 0.29) is 12.0 Å². The maximum Gasteiger partial charge on any atom is 0.241 e. The molecule has 24 heavy (non-hydrogen) atoms. The van der Waals surface area contributed by atoms with Gasteiger partial charge in [0.2, 0.25) is 5.91 Å². The zero-order valence-corrected chi connectivity index (χ0v) is 14.5. The minimum Gasteiger partial charge on any atom is -0.491 e. The Morgan fingerprint density at radius 2 is 2.17 bits per heavy atom. The van der Waals surface area contributed by atoms with E-state index in [1.54, 1.807) is 0 Å². The van der Waals surface area contributed by atoms with E-state index in [0.29, 0.717) is 13.2 Å². The summed E-state index contributed by atoms with van der Waals surface area (Å²) in [4.78, 5) is 14.2. The molecule has 2 fully saturated rings. The molecule has 1 atom stereocenters. The first kappa shape index (κ1) is 17.1. The van der Waals surface area contributed by atoms with E-state index in [1.165, 1.54) is 0 Å². The van der Waals surface area contributed by atoms with Crippen LogP contribution in [-0.4, -0.2) is 49.8 Å². The molecule has 0 saturated carbocycles. The number of carbonyl (C=O) groups excluding carboxylic acids is 1. The predicted octanol–water partition coefficient (Wildman–Crippen LogP) is 2.91. The summed E-state index contributed by atoms with van der Waals surface area (Å²) in [6, 6.07) is 7.79. The Morgan fingerprint density at radius 1 is 1.33 bits per heavy atom. The van der Waals surface area contributed by atoms with Crippen molar-refractivity contribution in [2.45, 2.75) is 38.7 Å². The van der Waals surface area contributed by atoms with Crippen LogP contribution in [-0.2, 0) is 9.53 Å². The van der Waals surface area contributed by atoms with Gasteiger partial charge in [0.1, 0.15) is 12.4 Å². The van der Waals surface area contributed by atoms with Crippen molar-refractivity contribution in [2.75, 3.05) is 38.2 Å². The highest BCUT2D eigenvalue weighted by Crippen LogP contribution is 2.20. The topological polar surface area (TPSA) is 50.8 Å². The van der Waals surface area contributed by atoms with Crippen molar-refractivity contribution in [1.82, 2.24) is 4.90 Å². The molecule has 1 aromatic rings. The molecule has 2 aliphatic rings. The van der Waals surface area contributed by atoms with E-state index >= 15 is 0 Å². The van der Waals surface area contributed by atoms with Gasteiger partial charge in [-0.25, -0.2) is 0 Å². The van der Waals surface area contributed by atoms with Gasteiger partial charge in [-0.05, 0) is 43.7 Å². The van der Waals surface area contributed by atoms with E-state index in [0.717, 1.165) is 62.7 Å². The molecule has 1 N–H and O–H groups in total. The summed E-state index contributed by atoms with van der Waals surface area (Å²) in [7, 11) is 0. The summed E-state index contributed by atoms with van der Waals surface area (Å²) in [5.74, 6) is 1.72. The average Bonchev–Trinajstić information content (AvgIpc) is 3.12. The van der Waals surface area contributed by atoms with Gasteiger partial charge < -0.3 is 19.7 Å². The van der Waals surface area contributed by atoms with E-state index in [2.05, 4.69) is 12.2 Å². The Balaban J connectivity index is 1.44. The molecule has 1 unspecified atom stereocenters. The monoisotopic (exact) mass is 332 g/mol. The third-order valence-electron chi connectivity index (χ3n) is 4.87. The second-order valence-corrected chi connectivity index (χ2v) is 6.89. The van der Waals surface area contributed by atoms with Crippen LogP contribution in [0.5, 0.6) is 5.75 Å². The maximum absolute atomic E-state index is 12.3. The molecule has 0 radical (unpaired) electrons. The van der Waals surface area contributed by atoms with Crippen molar-refractivity contribution in [3.05, 3.63) is 24.3 Å². The molecule has 3 rings (SSSR count). The van der Waals surface area contributed by atoms with E-state index < -0.39 is 0 Å². The second kappa shape index (κ2) is 8.38. The molecule has 2 aliphatic heterocycles. The number of rotatable bonds is 6. The highest BCUT2D eigenvalue weighted by Gasteiger charge is 2.20. The second-order valence-electron chi connectivity index (χ2n) is 6.89. The Bertz CT molecular complexity index is 535. The highest BCUT2D eigenvalue weighted by atomic mass is 16.5. The molecular weight excluding hydrogens is 304 g/mol. The van der Waals surface area contributed by atoms with Crippen molar-refractivity contribution in [3.8, 4) is 5.75 Å². The SMILES string of the molecule is CC1CCN(C(=O)CNc2cccc(OCC3CCCO3)c2)CC1. The number of benzene rings is 1. The third kappa shape index (κ3) is 4.87. The van der Waals surface area contributed by atoms with Crippen molar-refractivity contribution < 1.29 is 14.3 Å². The fraction of sp³-hybridized carbons (Fsp3) is 0.632. The fourth-order valence-corrected chi connectivity index (χ4v) is 3.21. The number of hydrogen-bond acceptors (Lipinski definition) is 4. The van der Waals surface area contributed by atoms with Crippen molar-refractivity contribution in [1.29, 1.82) is 0 Å². The Labute approximate surface area is 144 Å². The maximum atomic E-state index is 12.3. The average molecular weight is 332 g/mol. The Hall–Kier alpha value is -1.75. The number of anilines is 1. The summed E-state index contributed by atoms with van der Waals surface area (Å²) < 4.78 is 11.4. The zero-order chi connectivity index (χ0) is 16.8. The van der Waals surface area contributed by atoms with Gasteiger partial charge in [-0.15, -0.1) is 0 Å². The van der Waals surface area contributed by atoms with Gasteiger partial charge in [0.05, 0.1) is 12.6 Å². The molecule has 5 heteroatoms. The van der Waals surface area contributed by atoms with Crippen LogP contribution in [0.3, 0.4) is 0 Å². The Kier molecular flexibility index (Phi) is 5.96. The van der Waals surface area contributed by atoms with Crippen LogP contribution >= 0.6 is 0 Å². The van der Waals surface area contributed by atoms with Crippen molar-refractivity contribution >= 4 is 11.6 Å². The van der Waals surface area contributed by atoms with Crippen LogP contribution in [0.2, 0.25) is 0 Å². The van der Waals surface area contributed by atoms with Crippen molar-refractivity contribution in [2.24, 2.45) is 5.92 Å². The first-order valence-corrected chi connectivity index (χ1v) is 9.07. The first-order chi connectivity index (χ1) is 11.7. The van der Waals surface area contributed by atoms with Crippen LogP contribution < -0.4 is 10.1 Å². The van der Waals surface area contributed by atoms with Crippen LogP contribution in [0.1, 0.15) is 32.6 Å². The quantitative estimate of drug-likeness (QED) is 0.870. The summed E-state index contributed by atoms with van der Waals surface area (Å²) in [5, 5.41) is 3.22. The van der Waals surface area contributed by atoms with Gasteiger partial charge in [0, 0.05) is 31.5 Å². The minimum atomic E-state index is 0.174. The van der Waals surface area contributed by atoms with E-state index in [4.69, 9.17) is 9.47 Å². The molecule has 2 heterocycles. The number of piperidine rings is 1. The molecule has 132 valence electrons. The van der Waals surface area contributed by atoms with Crippen LogP contribution in [0.4, 0.5) is 5.69 Å². The Morgan fingerprint density at radius 3 is 2.92 bits per heavy atom. The minimum absolute atomic E-state index is 0.174. The van der Waals surface area contributed by atoms with Gasteiger partial charge in [0.15, 0.2) is 0 Å². The molecule has 0 aliphatic carbocycles. The van der Waals surface area contributed by atoms with E-state index in [1.807, 2.05) is 29.2 Å². The summed E-state index contributed by atoms with van der Waals surface area (Å²) in [5.41, 5.74) is 0.915. The van der Waals surface area contributed by atoms with Gasteiger partial charge in [-0.1, -0.05) is 13.0 Å². The molecule has 0 bridgehead atoms. The van der Waals surface area contributed by atoms with Crippen LogP contribution in [0.25, 0.3) is 0 Å². The largest absolute Gasteiger partial charge is 0.491 e. The number of nitrogens with one attached hydrogen (secondary N) is 1. The van der Waals surface area contributed by atoms with E-state index in [9.17, 15) is 4.79 Å². The standard InChI is InChI=1S/C19H28N2O3/c1-15-7-9-21(10-8-15)19(22)13-20-16-4-2-5-17(12-16)24-14-18-6-3-11-23-18/h2,4-5,12,15,18,20H,3,6-11,13-14H2,1H3. The number of amides is 1. The number of hydrogen-bond donors (Lipinski definition) is 1. The van der Waals surface area contributed by atoms with Crippen LogP contribution in [0.15, 0.2) is 24.3 Å². The molecule has 1 amide bonds. The van der Waals surface area contributed by atoms with Crippen LogP contribution in [0, 0.1) is 5.92 Å². The number of likely N-dealkylation sites (tertiary alicyclic amines) is 1. The lowest BCUT2D eigenvalue weighted by Gasteiger charge is -2.30. The first-order valence-electron chi connectivity index (χ1n) is 9.07. The molecule has 0 aromatic heterocycles. The number of ether oxygens (including phenoxy) is 2. The molecule has 0 spiro atoms. The molecule has 2 saturated heterocycles.